The molecule has 1 atom stereocenters. The van der Waals surface area contributed by atoms with E-state index in [4.69, 9.17) is 4.52 Å². The summed E-state index contributed by atoms with van der Waals surface area (Å²) in [5.74, 6) is 1.60. The average molecular weight is 271 g/mol. The van der Waals surface area contributed by atoms with Crippen LogP contribution in [0.2, 0.25) is 0 Å². The van der Waals surface area contributed by atoms with E-state index >= 15 is 0 Å². The lowest BCUT2D eigenvalue weighted by Gasteiger charge is -2.30. The van der Waals surface area contributed by atoms with E-state index in [0.29, 0.717) is 0 Å². The molecule has 1 N–H and O–H groups in total. The third-order valence-corrected chi connectivity index (χ3v) is 4.06. The predicted octanol–water partition coefficient (Wildman–Crippen LogP) is 2.50. The van der Waals surface area contributed by atoms with E-state index in [9.17, 15) is 0 Å². The normalized spacial score (nSPS) is 22.9. The van der Waals surface area contributed by atoms with Gasteiger partial charge in [-0.05, 0) is 38.3 Å². The molecule has 4 heteroatoms. The van der Waals surface area contributed by atoms with Gasteiger partial charge in [0.15, 0.2) is 5.82 Å². The van der Waals surface area contributed by atoms with Gasteiger partial charge in [0.05, 0.1) is 5.41 Å². The molecule has 2 aromatic rings. The zero-order chi connectivity index (χ0) is 13.8. The summed E-state index contributed by atoms with van der Waals surface area (Å²) >= 11 is 0. The summed E-state index contributed by atoms with van der Waals surface area (Å²) in [6.45, 7) is 4.21. The van der Waals surface area contributed by atoms with Gasteiger partial charge in [-0.2, -0.15) is 4.98 Å². The Morgan fingerprint density at radius 3 is 2.85 bits per heavy atom. The fraction of sp³-hybridized carbons (Fsp3) is 0.500. The third kappa shape index (κ3) is 2.90. The van der Waals surface area contributed by atoms with Crippen molar-refractivity contribution in [3.63, 3.8) is 0 Å². The fourth-order valence-electron chi connectivity index (χ4n) is 2.74. The van der Waals surface area contributed by atoms with Gasteiger partial charge in [-0.15, -0.1) is 0 Å². The lowest BCUT2D eigenvalue weighted by molar-refractivity contribution is 0.244. The minimum absolute atomic E-state index is 0.00372. The summed E-state index contributed by atoms with van der Waals surface area (Å²) in [6.07, 6.45) is 4.06. The fourth-order valence-corrected chi connectivity index (χ4v) is 2.74. The number of benzene rings is 1. The van der Waals surface area contributed by atoms with E-state index in [1.54, 1.807) is 0 Å². The molecule has 3 rings (SSSR count). The molecule has 0 radical (unpaired) electrons. The Bertz CT molecular complexity index is 544. The molecule has 0 spiro atoms. The van der Waals surface area contributed by atoms with Crippen LogP contribution in [0.1, 0.15) is 37.0 Å². The molecule has 1 aliphatic rings. The quantitative estimate of drug-likeness (QED) is 0.928. The molecule has 1 unspecified atom stereocenters. The number of piperidine rings is 1. The molecular formula is C16H21N3O. The van der Waals surface area contributed by atoms with Gasteiger partial charge < -0.3 is 9.84 Å². The van der Waals surface area contributed by atoms with Crippen molar-refractivity contribution in [2.45, 2.75) is 38.0 Å². The Kier molecular flexibility index (Phi) is 3.83. The van der Waals surface area contributed by atoms with Crippen molar-refractivity contribution in [3.05, 3.63) is 47.6 Å². The molecule has 0 amide bonds. The van der Waals surface area contributed by atoms with E-state index in [-0.39, 0.29) is 5.41 Å². The maximum absolute atomic E-state index is 5.49. The van der Waals surface area contributed by atoms with Crippen molar-refractivity contribution in [2.75, 3.05) is 13.1 Å². The summed E-state index contributed by atoms with van der Waals surface area (Å²) in [5, 5.41) is 7.55. The Labute approximate surface area is 119 Å². The summed E-state index contributed by atoms with van der Waals surface area (Å²) in [6, 6.07) is 10.4. The van der Waals surface area contributed by atoms with Crippen LogP contribution < -0.4 is 5.32 Å². The van der Waals surface area contributed by atoms with Crippen LogP contribution in [0.25, 0.3) is 0 Å². The van der Waals surface area contributed by atoms with Gasteiger partial charge in [-0.1, -0.05) is 35.5 Å². The van der Waals surface area contributed by atoms with Gasteiger partial charge in [-0.25, -0.2) is 0 Å². The molecule has 1 saturated heterocycles. The van der Waals surface area contributed by atoms with Crippen molar-refractivity contribution in [2.24, 2.45) is 0 Å². The van der Waals surface area contributed by atoms with Crippen molar-refractivity contribution in [1.29, 1.82) is 0 Å². The summed E-state index contributed by atoms with van der Waals surface area (Å²) in [7, 11) is 0. The lowest BCUT2D eigenvalue weighted by Crippen LogP contribution is -2.41. The van der Waals surface area contributed by atoms with Crippen LogP contribution in [0.4, 0.5) is 0 Å². The van der Waals surface area contributed by atoms with Crippen LogP contribution in [0.3, 0.4) is 0 Å². The zero-order valence-electron chi connectivity index (χ0n) is 11.9. The Balaban J connectivity index is 1.65. The molecule has 1 fully saturated rings. The van der Waals surface area contributed by atoms with Gasteiger partial charge in [0.25, 0.3) is 0 Å². The van der Waals surface area contributed by atoms with Crippen LogP contribution >= 0.6 is 0 Å². The molecule has 0 bridgehead atoms. The molecule has 4 nitrogen and oxygen atoms in total. The van der Waals surface area contributed by atoms with E-state index in [1.165, 1.54) is 5.56 Å². The molecular weight excluding hydrogens is 250 g/mol. The van der Waals surface area contributed by atoms with Crippen molar-refractivity contribution in [1.82, 2.24) is 15.5 Å². The molecule has 1 aliphatic heterocycles. The minimum atomic E-state index is -0.00372. The van der Waals surface area contributed by atoms with Gasteiger partial charge in [-0.3, -0.25) is 0 Å². The molecule has 1 aromatic carbocycles. The van der Waals surface area contributed by atoms with Crippen LogP contribution in [0.15, 0.2) is 34.9 Å². The van der Waals surface area contributed by atoms with E-state index < -0.39 is 0 Å². The zero-order valence-corrected chi connectivity index (χ0v) is 11.9. The van der Waals surface area contributed by atoms with Crippen LogP contribution in [0, 0.1) is 0 Å². The van der Waals surface area contributed by atoms with Gasteiger partial charge in [0.1, 0.15) is 0 Å². The smallest absolute Gasteiger partial charge is 0.233 e. The summed E-state index contributed by atoms with van der Waals surface area (Å²) in [4.78, 5) is 4.60. The first-order chi connectivity index (χ1) is 9.76. The highest BCUT2D eigenvalue weighted by molar-refractivity contribution is 5.15. The topological polar surface area (TPSA) is 51.0 Å². The monoisotopic (exact) mass is 271 g/mol. The van der Waals surface area contributed by atoms with Crippen molar-refractivity contribution in [3.8, 4) is 0 Å². The average Bonchev–Trinajstić information content (AvgIpc) is 2.97. The van der Waals surface area contributed by atoms with Gasteiger partial charge in [0.2, 0.25) is 5.89 Å². The van der Waals surface area contributed by atoms with Crippen molar-refractivity contribution >= 4 is 0 Å². The molecule has 0 aliphatic carbocycles. The number of nitrogens with one attached hydrogen (secondary N) is 1. The predicted molar refractivity (Wildman–Crippen MR) is 77.6 cm³/mol. The number of aryl methyl sites for hydroxylation is 2. The van der Waals surface area contributed by atoms with Gasteiger partial charge in [0, 0.05) is 13.0 Å². The van der Waals surface area contributed by atoms with E-state index in [0.717, 1.165) is 50.5 Å². The number of hydrogen-bond donors (Lipinski definition) is 1. The third-order valence-electron chi connectivity index (χ3n) is 4.06. The van der Waals surface area contributed by atoms with Crippen molar-refractivity contribution < 1.29 is 4.52 Å². The molecule has 0 saturated carbocycles. The van der Waals surface area contributed by atoms with E-state index in [2.05, 4.69) is 46.6 Å². The SMILES string of the molecule is CC1(c2nc(CCc3ccccc3)no2)CCCNC1. The number of rotatable bonds is 4. The number of hydrogen-bond acceptors (Lipinski definition) is 4. The summed E-state index contributed by atoms with van der Waals surface area (Å²) < 4.78 is 5.49. The van der Waals surface area contributed by atoms with Crippen LogP contribution in [-0.4, -0.2) is 23.2 Å². The molecule has 20 heavy (non-hydrogen) atoms. The first-order valence-corrected chi connectivity index (χ1v) is 7.34. The lowest BCUT2D eigenvalue weighted by atomic mass is 9.83. The second-order valence-electron chi connectivity index (χ2n) is 5.84. The minimum Gasteiger partial charge on any atom is -0.339 e. The summed E-state index contributed by atoms with van der Waals surface area (Å²) in [5.41, 5.74) is 1.31. The largest absolute Gasteiger partial charge is 0.339 e. The first kappa shape index (κ1) is 13.3. The second-order valence-corrected chi connectivity index (χ2v) is 5.84. The van der Waals surface area contributed by atoms with Crippen LogP contribution in [-0.2, 0) is 18.3 Å². The molecule has 106 valence electrons. The Morgan fingerprint density at radius 2 is 2.10 bits per heavy atom. The van der Waals surface area contributed by atoms with Crippen LogP contribution in [0.5, 0.6) is 0 Å². The number of aromatic nitrogens is 2. The maximum Gasteiger partial charge on any atom is 0.233 e. The Morgan fingerprint density at radius 1 is 1.25 bits per heavy atom. The molecule has 2 heterocycles. The van der Waals surface area contributed by atoms with Gasteiger partial charge >= 0.3 is 0 Å². The Hall–Kier alpha value is -1.68. The first-order valence-electron chi connectivity index (χ1n) is 7.34. The highest BCUT2D eigenvalue weighted by Gasteiger charge is 2.34. The highest BCUT2D eigenvalue weighted by atomic mass is 16.5. The molecule has 1 aromatic heterocycles. The highest BCUT2D eigenvalue weighted by Crippen LogP contribution is 2.29. The second kappa shape index (κ2) is 5.75. The van der Waals surface area contributed by atoms with E-state index in [1.807, 2.05) is 6.07 Å². The number of nitrogens with zero attached hydrogens (tertiary/aromatic N) is 2. The standard InChI is InChI=1S/C16H21N3O/c1-16(10-5-11-17-12-16)15-18-14(19-20-15)9-8-13-6-3-2-4-7-13/h2-4,6-7,17H,5,8-12H2,1H3. The maximum atomic E-state index is 5.49.